The fourth-order valence-electron chi connectivity index (χ4n) is 1.41. The van der Waals surface area contributed by atoms with Crippen molar-refractivity contribution < 1.29 is 17.9 Å². The first-order valence-corrected chi connectivity index (χ1v) is 7.96. The lowest BCUT2D eigenvalue weighted by Crippen LogP contribution is -2.39. The van der Waals surface area contributed by atoms with Crippen LogP contribution in [0.25, 0.3) is 0 Å². The van der Waals surface area contributed by atoms with E-state index in [1.807, 2.05) is 22.6 Å². The number of benzene rings is 1. The first-order valence-electron chi connectivity index (χ1n) is 5.40. The number of halogens is 1. The Morgan fingerprint density at radius 2 is 2.10 bits per heavy atom. The van der Waals surface area contributed by atoms with Crippen molar-refractivity contribution in [3.05, 3.63) is 38.3 Å². The Balaban J connectivity index is 2.33. The topological polar surface area (TPSA) is 123 Å². The molecule has 0 fully saturated rings. The van der Waals surface area contributed by atoms with Crippen LogP contribution in [0.5, 0.6) is 6.01 Å². The molecule has 0 saturated heterocycles. The predicted octanol–water partition coefficient (Wildman–Crippen LogP) is 0.131. The van der Waals surface area contributed by atoms with Gasteiger partial charge in [0.25, 0.3) is 10.0 Å². The van der Waals surface area contributed by atoms with Crippen LogP contribution in [0.1, 0.15) is 0 Å². The molecule has 21 heavy (non-hydrogen) atoms. The molecule has 0 aliphatic heterocycles. The van der Waals surface area contributed by atoms with Gasteiger partial charge in [-0.1, -0.05) is 12.1 Å². The summed E-state index contributed by atoms with van der Waals surface area (Å²) in [7, 11) is -2.87. The van der Waals surface area contributed by atoms with Gasteiger partial charge >= 0.3 is 17.7 Å². The second-order valence-corrected chi connectivity index (χ2v) is 6.51. The van der Waals surface area contributed by atoms with Gasteiger partial charge in [-0.25, -0.2) is 22.7 Å². The van der Waals surface area contributed by atoms with Crippen molar-refractivity contribution in [3.8, 4) is 6.01 Å². The van der Waals surface area contributed by atoms with Crippen LogP contribution in [0.3, 0.4) is 0 Å². The predicted molar refractivity (Wildman–Crippen MR) is 79.7 cm³/mol. The van der Waals surface area contributed by atoms with Gasteiger partial charge in [-0.05, 0) is 34.7 Å². The summed E-state index contributed by atoms with van der Waals surface area (Å²) in [5.41, 5.74) is -0.915. The third-order valence-corrected chi connectivity index (χ3v) is 5.02. The van der Waals surface area contributed by atoms with E-state index in [-0.39, 0.29) is 10.9 Å². The average Bonchev–Trinajstić information content (AvgIpc) is 2.80. The minimum Gasteiger partial charge on any atom is -0.467 e. The summed E-state index contributed by atoms with van der Waals surface area (Å²) in [5, 5.41) is 3.48. The van der Waals surface area contributed by atoms with Gasteiger partial charge in [-0.3, -0.25) is 4.98 Å². The van der Waals surface area contributed by atoms with E-state index in [0.717, 1.165) is 0 Å². The number of methoxy groups -OCH3 is 1. The fourth-order valence-corrected chi connectivity index (χ4v) is 3.68. The molecular weight excluding hydrogens is 415 g/mol. The number of H-pyrrole nitrogens is 1. The van der Waals surface area contributed by atoms with Crippen molar-refractivity contribution in [2.75, 3.05) is 7.11 Å². The Morgan fingerprint density at radius 1 is 1.43 bits per heavy atom. The molecule has 0 saturated carbocycles. The van der Waals surface area contributed by atoms with Crippen LogP contribution in [0.15, 0.2) is 34.0 Å². The SMILES string of the molecule is COc1nn(C(=O)NS(=O)(=O)c2ccccc2I)c(=O)[nH]1. The summed E-state index contributed by atoms with van der Waals surface area (Å²) in [6, 6.07) is 4.67. The number of amides is 1. The van der Waals surface area contributed by atoms with E-state index in [2.05, 4.69) is 14.8 Å². The number of hydrogen-bond acceptors (Lipinski definition) is 6. The summed E-state index contributed by atoms with van der Waals surface area (Å²) in [6.45, 7) is 0. The third-order valence-electron chi connectivity index (χ3n) is 2.33. The minimum absolute atomic E-state index is 0.0745. The van der Waals surface area contributed by atoms with Crippen LogP contribution < -0.4 is 15.1 Å². The number of rotatable bonds is 3. The molecule has 0 aliphatic carbocycles. The molecule has 0 spiro atoms. The second kappa shape index (κ2) is 5.85. The Hall–Kier alpha value is -1.89. The Labute approximate surface area is 132 Å². The number of nitrogens with one attached hydrogen (secondary N) is 2. The maximum absolute atomic E-state index is 12.1. The molecule has 1 aromatic carbocycles. The lowest BCUT2D eigenvalue weighted by Gasteiger charge is -2.07. The molecular formula is C10H9IN4O5S. The molecule has 11 heteroatoms. The van der Waals surface area contributed by atoms with Crippen molar-refractivity contribution in [1.82, 2.24) is 19.5 Å². The van der Waals surface area contributed by atoms with E-state index in [4.69, 9.17) is 0 Å². The van der Waals surface area contributed by atoms with E-state index in [1.165, 1.54) is 19.2 Å². The summed E-state index contributed by atoms with van der Waals surface area (Å²) >= 11 is 1.82. The number of carbonyl (C=O) groups excluding carboxylic acids is 1. The molecule has 9 nitrogen and oxygen atoms in total. The van der Waals surface area contributed by atoms with Crippen molar-refractivity contribution in [1.29, 1.82) is 0 Å². The van der Waals surface area contributed by atoms with E-state index in [0.29, 0.717) is 8.25 Å². The fraction of sp³-hybridized carbons (Fsp3) is 0.100. The van der Waals surface area contributed by atoms with Gasteiger partial charge in [0.1, 0.15) is 4.90 Å². The van der Waals surface area contributed by atoms with Crippen LogP contribution in [0.2, 0.25) is 0 Å². The standard InChI is InChI=1S/C10H9IN4O5S/c1-20-8-12-9(16)15(13-8)10(17)14-21(18,19)7-5-3-2-4-6(7)11/h2-5H,1H3,(H,14,17)(H,12,13,16). The van der Waals surface area contributed by atoms with Crippen LogP contribution in [-0.2, 0) is 10.0 Å². The molecule has 1 aromatic heterocycles. The van der Waals surface area contributed by atoms with Crippen molar-refractivity contribution >= 4 is 38.6 Å². The van der Waals surface area contributed by atoms with Gasteiger partial charge in [0.2, 0.25) is 0 Å². The van der Waals surface area contributed by atoms with Gasteiger partial charge in [0.05, 0.1) is 7.11 Å². The molecule has 1 amide bonds. The Kier molecular flexibility index (Phi) is 4.32. The highest BCUT2D eigenvalue weighted by Crippen LogP contribution is 2.16. The lowest BCUT2D eigenvalue weighted by molar-refractivity contribution is 0.243. The van der Waals surface area contributed by atoms with Gasteiger partial charge < -0.3 is 4.74 Å². The lowest BCUT2D eigenvalue weighted by atomic mass is 10.4. The van der Waals surface area contributed by atoms with Gasteiger partial charge in [0, 0.05) is 3.57 Å². The van der Waals surface area contributed by atoms with E-state index >= 15 is 0 Å². The number of sulfonamides is 1. The maximum Gasteiger partial charge on any atom is 0.360 e. The average molecular weight is 424 g/mol. The van der Waals surface area contributed by atoms with Gasteiger partial charge in [-0.15, -0.1) is 9.78 Å². The molecule has 0 bridgehead atoms. The molecule has 2 rings (SSSR count). The number of aromatic amines is 1. The highest BCUT2D eigenvalue weighted by atomic mass is 127. The number of ether oxygens (including phenoxy) is 1. The summed E-state index contributed by atoms with van der Waals surface area (Å²) in [6.07, 6.45) is 0. The minimum atomic E-state index is -4.11. The monoisotopic (exact) mass is 424 g/mol. The summed E-state index contributed by atoms with van der Waals surface area (Å²) in [4.78, 5) is 25.3. The van der Waals surface area contributed by atoms with Gasteiger partial charge in [-0.2, -0.15) is 0 Å². The van der Waals surface area contributed by atoms with E-state index < -0.39 is 21.7 Å². The van der Waals surface area contributed by atoms with Crippen LogP contribution in [-0.4, -0.2) is 36.3 Å². The van der Waals surface area contributed by atoms with Gasteiger partial charge in [0.15, 0.2) is 0 Å². The molecule has 0 radical (unpaired) electrons. The molecule has 0 atom stereocenters. The smallest absolute Gasteiger partial charge is 0.360 e. The first-order chi connectivity index (χ1) is 9.85. The molecule has 2 N–H and O–H groups in total. The molecule has 2 aromatic rings. The molecule has 112 valence electrons. The zero-order chi connectivity index (χ0) is 15.6. The first kappa shape index (κ1) is 15.5. The van der Waals surface area contributed by atoms with E-state index in [1.54, 1.807) is 16.9 Å². The largest absolute Gasteiger partial charge is 0.467 e. The zero-order valence-corrected chi connectivity index (χ0v) is 13.5. The van der Waals surface area contributed by atoms with Crippen molar-refractivity contribution in [3.63, 3.8) is 0 Å². The van der Waals surface area contributed by atoms with Crippen molar-refractivity contribution in [2.45, 2.75) is 4.90 Å². The number of aromatic nitrogens is 3. The maximum atomic E-state index is 12.1. The summed E-state index contributed by atoms with van der Waals surface area (Å²) in [5.74, 6) is 0. The molecule has 0 aliphatic rings. The highest BCUT2D eigenvalue weighted by Gasteiger charge is 2.23. The molecule has 1 heterocycles. The molecule has 0 unspecified atom stereocenters. The zero-order valence-electron chi connectivity index (χ0n) is 10.5. The quantitative estimate of drug-likeness (QED) is 0.676. The normalized spacial score (nSPS) is 11.1. The number of nitrogens with zero attached hydrogens (tertiary/aromatic N) is 2. The second-order valence-electron chi connectivity index (χ2n) is 3.69. The third kappa shape index (κ3) is 3.24. The van der Waals surface area contributed by atoms with Crippen LogP contribution >= 0.6 is 22.6 Å². The van der Waals surface area contributed by atoms with Crippen molar-refractivity contribution in [2.24, 2.45) is 0 Å². The van der Waals surface area contributed by atoms with E-state index in [9.17, 15) is 18.0 Å². The van der Waals surface area contributed by atoms with Crippen LogP contribution in [0, 0.1) is 3.57 Å². The number of hydrogen-bond donors (Lipinski definition) is 2. The Bertz CT molecular complexity index is 841. The summed E-state index contributed by atoms with van der Waals surface area (Å²) < 4.78 is 31.4. The highest BCUT2D eigenvalue weighted by molar-refractivity contribution is 14.1. The van der Waals surface area contributed by atoms with Crippen LogP contribution in [0.4, 0.5) is 4.79 Å². The Morgan fingerprint density at radius 3 is 2.67 bits per heavy atom. The number of carbonyl (C=O) groups is 1.